The standard InChI is InChI=1S/C8H12O/c1-5-2-6-3-7(6)4-8(5)9/h6-9H,1-4H2. The van der Waals surface area contributed by atoms with Gasteiger partial charge in [0, 0.05) is 0 Å². The van der Waals surface area contributed by atoms with Gasteiger partial charge in [-0.3, -0.25) is 0 Å². The van der Waals surface area contributed by atoms with Crippen molar-refractivity contribution in [2.45, 2.75) is 25.4 Å². The van der Waals surface area contributed by atoms with E-state index in [1.54, 1.807) is 0 Å². The minimum absolute atomic E-state index is 0.172. The molecule has 1 N–H and O–H groups in total. The molecule has 0 spiro atoms. The summed E-state index contributed by atoms with van der Waals surface area (Å²) in [6.45, 7) is 3.82. The number of rotatable bonds is 0. The average Bonchev–Trinajstić information content (AvgIpc) is 2.46. The van der Waals surface area contributed by atoms with Crippen molar-refractivity contribution < 1.29 is 5.11 Å². The molecule has 0 radical (unpaired) electrons. The van der Waals surface area contributed by atoms with Crippen molar-refractivity contribution in [1.29, 1.82) is 0 Å². The summed E-state index contributed by atoms with van der Waals surface area (Å²) < 4.78 is 0. The second-order valence-electron chi connectivity index (χ2n) is 3.37. The highest BCUT2D eigenvalue weighted by Gasteiger charge is 2.42. The monoisotopic (exact) mass is 124 g/mol. The van der Waals surface area contributed by atoms with Crippen molar-refractivity contribution in [2.75, 3.05) is 0 Å². The van der Waals surface area contributed by atoms with E-state index in [0.717, 1.165) is 30.3 Å². The van der Waals surface area contributed by atoms with Crippen LogP contribution in [0.15, 0.2) is 12.2 Å². The van der Waals surface area contributed by atoms with E-state index in [1.807, 2.05) is 0 Å². The maximum Gasteiger partial charge on any atom is 0.0750 e. The van der Waals surface area contributed by atoms with Gasteiger partial charge in [0.2, 0.25) is 0 Å². The molecule has 3 atom stereocenters. The topological polar surface area (TPSA) is 20.2 Å². The molecule has 0 amide bonds. The molecule has 0 aliphatic heterocycles. The normalized spacial score (nSPS) is 48.6. The number of aliphatic hydroxyl groups is 1. The number of hydrogen-bond donors (Lipinski definition) is 1. The van der Waals surface area contributed by atoms with Crippen molar-refractivity contribution in [3.8, 4) is 0 Å². The van der Waals surface area contributed by atoms with E-state index in [9.17, 15) is 5.11 Å². The SMILES string of the molecule is C=C1CC2CC2CC1O. The zero-order valence-electron chi connectivity index (χ0n) is 5.51. The van der Waals surface area contributed by atoms with Crippen molar-refractivity contribution in [2.24, 2.45) is 11.8 Å². The van der Waals surface area contributed by atoms with Gasteiger partial charge >= 0.3 is 0 Å². The van der Waals surface area contributed by atoms with E-state index in [2.05, 4.69) is 6.58 Å². The van der Waals surface area contributed by atoms with Gasteiger partial charge in [0.25, 0.3) is 0 Å². The predicted molar refractivity (Wildman–Crippen MR) is 36.0 cm³/mol. The predicted octanol–water partition coefficient (Wildman–Crippen LogP) is 1.33. The third kappa shape index (κ3) is 0.799. The Morgan fingerprint density at radius 3 is 2.78 bits per heavy atom. The lowest BCUT2D eigenvalue weighted by Crippen LogP contribution is -2.15. The smallest absolute Gasteiger partial charge is 0.0750 e. The lowest BCUT2D eigenvalue weighted by molar-refractivity contribution is 0.174. The van der Waals surface area contributed by atoms with Crippen LogP contribution < -0.4 is 0 Å². The highest BCUT2D eigenvalue weighted by molar-refractivity contribution is 5.13. The van der Waals surface area contributed by atoms with Crippen molar-refractivity contribution in [3.05, 3.63) is 12.2 Å². The Morgan fingerprint density at radius 1 is 1.33 bits per heavy atom. The lowest BCUT2D eigenvalue weighted by Gasteiger charge is -2.17. The van der Waals surface area contributed by atoms with E-state index in [-0.39, 0.29) is 6.10 Å². The van der Waals surface area contributed by atoms with E-state index in [4.69, 9.17) is 0 Å². The van der Waals surface area contributed by atoms with Crippen LogP contribution in [0.4, 0.5) is 0 Å². The summed E-state index contributed by atoms with van der Waals surface area (Å²) in [5.41, 5.74) is 1.06. The summed E-state index contributed by atoms with van der Waals surface area (Å²) in [5.74, 6) is 1.76. The number of hydrogen-bond acceptors (Lipinski definition) is 1. The Balaban J connectivity index is 2.06. The van der Waals surface area contributed by atoms with Crippen molar-refractivity contribution in [3.63, 3.8) is 0 Å². The molecular formula is C8H12O. The van der Waals surface area contributed by atoms with Gasteiger partial charge < -0.3 is 5.11 Å². The summed E-state index contributed by atoms with van der Waals surface area (Å²) in [7, 11) is 0. The highest BCUT2D eigenvalue weighted by Crippen LogP contribution is 2.50. The maximum absolute atomic E-state index is 9.28. The van der Waals surface area contributed by atoms with E-state index >= 15 is 0 Å². The molecule has 0 bridgehead atoms. The largest absolute Gasteiger partial charge is 0.389 e. The van der Waals surface area contributed by atoms with Crippen LogP contribution in [0.2, 0.25) is 0 Å². The van der Waals surface area contributed by atoms with Crippen LogP contribution in [0.3, 0.4) is 0 Å². The Kier molecular flexibility index (Phi) is 0.974. The minimum atomic E-state index is -0.172. The van der Waals surface area contributed by atoms with Crippen LogP contribution in [-0.2, 0) is 0 Å². The molecular weight excluding hydrogens is 112 g/mol. The molecule has 2 saturated carbocycles. The molecule has 50 valence electrons. The summed E-state index contributed by atoms with van der Waals surface area (Å²) >= 11 is 0. The molecule has 2 fully saturated rings. The molecule has 0 aromatic heterocycles. The summed E-state index contributed by atoms with van der Waals surface area (Å²) in [4.78, 5) is 0. The maximum atomic E-state index is 9.28. The van der Waals surface area contributed by atoms with Gasteiger partial charge in [-0.25, -0.2) is 0 Å². The van der Waals surface area contributed by atoms with Gasteiger partial charge in [-0.1, -0.05) is 6.58 Å². The third-order valence-corrected chi connectivity index (χ3v) is 2.59. The van der Waals surface area contributed by atoms with Gasteiger partial charge in [-0.05, 0) is 36.7 Å². The van der Waals surface area contributed by atoms with Gasteiger partial charge in [0.15, 0.2) is 0 Å². The molecule has 0 heterocycles. The Morgan fingerprint density at radius 2 is 2.11 bits per heavy atom. The van der Waals surface area contributed by atoms with Crippen LogP contribution in [-0.4, -0.2) is 11.2 Å². The summed E-state index contributed by atoms with van der Waals surface area (Å²) in [6, 6.07) is 0. The third-order valence-electron chi connectivity index (χ3n) is 2.59. The second-order valence-corrected chi connectivity index (χ2v) is 3.37. The fourth-order valence-electron chi connectivity index (χ4n) is 1.78. The fourth-order valence-corrected chi connectivity index (χ4v) is 1.78. The van der Waals surface area contributed by atoms with Gasteiger partial charge in [-0.2, -0.15) is 0 Å². The van der Waals surface area contributed by atoms with Crippen LogP contribution in [0, 0.1) is 11.8 Å². The van der Waals surface area contributed by atoms with Gasteiger partial charge in [0.05, 0.1) is 6.10 Å². The number of aliphatic hydroxyl groups excluding tert-OH is 1. The molecule has 2 aliphatic carbocycles. The second kappa shape index (κ2) is 1.60. The van der Waals surface area contributed by atoms with Gasteiger partial charge in [0.1, 0.15) is 0 Å². The highest BCUT2D eigenvalue weighted by atomic mass is 16.3. The first-order chi connectivity index (χ1) is 4.27. The Bertz CT molecular complexity index is 151. The van der Waals surface area contributed by atoms with Crippen molar-refractivity contribution >= 4 is 0 Å². The summed E-state index contributed by atoms with van der Waals surface area (Å²) in [6.07, 6.45) is 3.25. The molecule has 1 nitrogen and oxygen atoms in total. The quantitative estimate of drug-likeness (QED) is 0.483. The van der Waals surface area contributed by atoms with Crippen LogP contribution in [0.1, 0.15) is 19.3 Å². The minimum Gasteiger partial charge on any atom is -0.389 e. The summed E-state index contributed by atoms with van der Waals surface area (Å²) in [5, 5.41) is 9.28. The zero-order valence-corrected chi connectivity index (χ0v) is 5.51. The molecule has 0 aromatic rings. The van der Waals surface area contributed by atoms with Crippen LogP contribution >= 0.6 is 0 Å². The van der Waals surface area contributed by atoms with Crippen LogP contribution in [0.25, 0.3) is 0 Å². The molecule has 2 rings (SSSR count). The molecule has 3 unspecified atom stereocenters. The van der Waals surface area contributed by atoms with Crippen molar-refractivity contribution in [1.82, 2.24) is 0 Å². The number of fused-ring (bicyclic) bond motifs is 1. The van der Waals surface area contributed by atoms with E-state index in [0.29, 0.717) is 0 Å². The Labute approximate surface area is 55.4 Å². The van der Waals surface area contributed by atoms with E-state index < -0.39 is 0 Å². The molecule has 9 heavy (non-hydrogen) atoms. The zero-order chi connectivity index (χ0) is 6.43. The molecule has 0 saturated heterocycles. The van der Waals surface area contributed by atoms with Crippen LogP contribution in [0.5, 0.6) is 0 Å². The van der Waals surface area contributed by atoms with E-state index in [1.165, 1.54) is 6.42 Å². The average molecular weight is 124 g/mol. The lowest BCUT2D eigenvalue weighted by atomic mass is 9.94. The fraction of sp³-hybridized carbons (Fsp3) is 0.750. The van der Waals surface area contributed by atoms with Gasteiger partial charge in [-0.15, -0.1) is 0 Å². The first kappa shape index (κ1) is 5.48. The molecule has 2 aliphatic rings. The molecule has 1 heteroatoms. The molecule has 0 aromatic carbocycles. The first-order valence-electron chi connectivity index (χ1n) is 3.63. The Hall–Kier alpha value is -0.300. The first-order valence-corrected chi connectivity index (χ1v) is 3.63.